The van der Waals surface area contributed by atoms with Gasteiger partial charge < -0.3 is 0 Å². The van der Waals surface area contributed by atoms with Crippen molar-refractivity contribution in [3.63, 3.8) is 0 Å². The number of ketones is 1. The number of rotatable bonds is 3. The summed E-state index contributed by atoms with van der Waals surface area (Å²) >= 11 is 0. The van der Waals surface area contributed by atoms with Gasteiger partial charge in [0.2, 0.25) is 0 Å². The highest BCUT2D eigenvalue weighted by molar-refractivity contribution is 6.04. The average molecular weight is 218 g/mol. The quantitative estimate of drug-likeness (QED) is 0.575. The van der Waals surface area contributed by atoms with Crippen molar-refractivity contribution < 1.29 is 18.0 Å². The van der Waals surface area contributed by atoms with Crippen molar-refractivity contribution >= 4 is 5.78 Å². The van der Waals surface area contributed by atoms with Crippen LogP contribution in [0.5, 0.6) is 0 Å². The molecule has 6 heteroatoms. The summed E-state index contributed by atoms with van der Waals surface area (Å²) in [5.74, 6) is -0.479. The number of aromatic nitrogens is 2. The summed E-state index contributed by atoms with van der Waals surface area (Å²) in [7, 11) is 1.62. The van der Waals surface area contributed by atoms with Gasteiger partial charge >= 0.3 is 6.18 Å². The van der Waals surface area contributed by atoms with E-state index in [1.54, 1.807) is 7.05 Å². The van der Waals surface area contributed by atoms with E-state index in [1.165, 1.54) is 17.1 Å². The van der Waals surface area contributed by atoms with Crippen molar-refractivity contribution in [2.45, 2.75) is 12.6 Å². The van der Waals surface area contributed by atoms with E-state index in [0.717, 1.165) is 12.2 Å². The zero-order valence-corrected chi connectivity index (χ0v) is 7.95. The Balaban J connectivity index is 2.57. The van der Waals surface area contributed by atoms with Gasteiger partial charge in [0.05, 0.1) is 18.2 Å². The fraction of sp³-hybridized carbons (Fsp3) is 0.333. The average Bonchev–Trinajstić information content (AvgIpc) is 2.49. The van der Waals surface area contributed by atoms with Crippen molar-refractivity contribution in [1.29, 1.82) is 0 Å². The molecule has 0 aromatic carbocycles. The van der Waals surface area contributed by atoms with E-state index in [9.17, 15) is 18.0 Å². The minimum absolute atomic E-state index is 0.274. The third-order valence-electron chi connectivity index (χ3n) is 1.61. The molecule has 3 nitrogen and oxygen atoms in total. The molecule has 0 spiro atoms. The minimum Gasteiger partial charge on any atom is -0.289 e. The van der Waals surface area contributed by atoms with Gasteiger partial charge in [0.25, 0.3) is 0 Å². The predicted molar refractivity (Wildman–Crippen MR) is 47.4 cm³/mol. The van der Waals surface area contributed by atoms with Crippen LogP contribution in [0.1, 0.15) is 16.8 Å². The van der Waals surface area contributed by atoms with Crippen LogP contribution in [0, 0.1) is 0 Å². The van der Waals surface area contributed by atoms with Crippen molar-refractivity contribution in [1.82, 2.24) is 9.78 Å². The van der Waals surface area contributed by atoms with E-state index in [-0.39, 0.29) is 5.56 Å². The summed E-state index contributed by atoms with van der Waals surface area (Å²) in [5.41, 5.74) is 0.274. The minimum atomic E-state index is -4.27. The highest BCUT2D eigenvalue weighted by Crippen LogP contribution is 2.19. The zero-order chi connectivity index (χ0) is 11.5. The van der Waals surface area contributed by atoms with Gasteiger partial charge in [-0.15, -0.1) is 0 Å². The molecule has 0 N–H and O–H groups in total. The van der Waals surface area contributed by atoms with Gasteiger partial charge in [-0.1, -0.05) is 6.08 Å². The number of hydrogen-bond acceptors (Lipinski definition) is 2. The van der Waals surface area contributed by atoms with Crippen LogP contribution in [0.3, 0.4) is 0 Å². The van der Waals surface area contributed by atoms with Gasteiger partial charge in [-0.05, 0) is 6.08 Å². The summed E-state index contributed by atoms with van der Waals surface area (Å²) in [4.78, 5) is 11.2. The molecule has 0 fully saturated rings. The summed E-state index contributed by atoms with van der Waals surface area (Å²) in [6, 6.07) is 0. The van der Waals surface area contributed by atoms with Crippen LogP contribution in [0.25, 0.3) is 0 Å². The number of alkyl halides is 3. The molecule has 0 atom stereocenters. The molecule has 0 saturated carbocycles. The molecule has 15 heavy (non-hydrogen) atoms. The smallest absolute Gasteiger partial charge is 0.289 e. The Bertz CT molecular complexity index is 379. The zero-order valence-electron chi connectivity index (χ0n) is 7.95. The molecule has 0 bridgehead atoms. The van der Waals surface area contributed by atoms with Gasteiger partial charge in [0.15, 0.2) is 5.78 Å². The molecule has 1 rings (SSSR count). The van der Waals surface area contributed by atoms with Crippen LogP contribution in [-0.2, 0) is 7.05 Å². The molecular formula is C9H9F3N2O. The lowest BCUT2D eigenvalue weighted by Crippen LogP contribution is -2.04. The highest BCUT2D eigenvalue weighted by atomic mass is 19.4. The summed E-state index contributed by atoms with van der Waals surface area (Å²) in [5, 5.41) is 3.73. The lowest BCUT2D eigenvalue weighted by atomic mass is 10.2. The molecule has 82 valence electrons. The van der Waals surface area contributed by atoms with Gasteiger partial charge in [0.1, 0.15) is 0 Å². The van der Waals surface area contributed by atoms with Crippen molar-refractivity contribution in [3.8, 4) is 0 Å². The first-order chi connectivity index (χ1) is 6.88. The standard InChI is InChI=1S/C9H9F3N2O/c1-14-6-7(5-13-14)8(15)3-2-4-9(10,11)12/h2-3,5-6H,4H2,1H3/b3-2+. The van der Waals surface area contributed by atoms with Crippen LogP contribution in [0.4, 0.5) is 13.2 Å². The van der Waals surface area contributed by atoms with Crippen LogP contribution in [-0.4, -0.2) is 21.7 Å². The SMILES string of the molecule is Cn1cc(C(=O)/C=C/CC(F)(F)F)cn1. The van der Waals surface area contributed by atoms with E-state index in [0.29, 0.717) is 0 Å². The lowest BCUT2D eigenvalue weighted by Gasteiger charge is -1.99. The Labute approximate surface area is 84.2 Å². The number of carbonyl (C=O) groups excluding carboxylic acids is 1. The fourth-order valence-electron chi connectivity index (χ4n) is 0.944. The summed E-state index contributed by atoms with van der Waals surface area (Å²) in [6.07, 6.45) is -0.912. The van der Waals surface area contributed by atoms with Crippen LogP contribution < -0.4 is 0 Å². The van der Waals surface area contributed by atoms with Gasteiger partial charge in [-0.3, -0.25) is 9.48 Å². The molecule has 0 unspecified atom stereocenters. The molecule has 0 aliphatic rings. The number of nitrogens with zero attached hydrogens (tertiary/aromatic N) is 2. The van der Waals surface area contributed by atoms with Gasteiger partial charge in [0, 0.05) is 13.2 Å². The maximum absolute atomic E-state index is 11.7. The second-order valence-corrected chi connectivity index (χ2v) is 2.99. The third-order valence-corrected chi connectivity index (χ3v) is 1.61. The molecule has 1 aromatic heterocycles. The molecular weight excluding hydrogens is 209 g/mol. The highest BCUT2D eigenvalue weighted by Gasteiger charge is 2.24. The maximum Gasteiger partial charge on any atom is 0.392 e. The Kier molecular flexibility index (Phi) is 3.28. The normalized spacial score (nSPS) is 12.3. The predicted octanol–water partition coefficient (Wildman–Crippen LogP) is 2.11. The van der Waals surface area contributed by atoms with Crippen molar-refractivity contribution in [2.75, 3.05) is 0 Å². The van der Waals surface area contributed by atoms with Crippen LogP contribution >= 0.6 is 0 Å². The number of aryl methyl sites for hydroxylation is 1. The van der Waals surface area contributed by atoms with E-state index in [1.807, 2.05) is 0 Å². The van der Waals surface area contributed by atoms with Gasteiger partial charge in [-0.25, -0.2) is 0 Å². The Hall–Kier alpha value is -1.59. The van der Waals surface area contributed by atoms with E-state index < -0.39 is 18.4 Å². The Morgan fingerprint density at radius 2 is 2.27 bits per heavy atom. The summed E-state index contributed by atoms with van der Waals surface area (Å²) in [6.45, 7) is 0. The molecule has 0 aliphatic carbocycles. The largest absolute Gasteiger partial charge is 0.392 e. The maximum atomic E-state index is 11.7. The van der Waals surface area contributed by atoms with Crippen molar-refractivity contribution in [3.05, 3.63) is 30.1 Å². The Morgan fingerprint density at radius 1 is 1.60 bits per heavy atom. The van der Waals surface area contributed by atoms with E-state index >= 15 is 0 Å². The number of hydrogen-bond donors (Lipinski definition) is 0. The molecule has 0 radical (unpaired) electrons. The Morgan fingerprint density at radius 3 is 2.73 bits per heavy atom. The second-order valence-electron chi connectivity index (χ2n) is 2.99. The summed E-state index contributed by atoms with van der Waals surface area (Å²) < 4.78 is 36.6. The first kappa shape index (κ1) is 11.5. The fourth-order valence-corrected chi connectivity index (χ4v) is 0.944. The van der Waals surface area contributed by atoms with Crippen molar-refractivity contribution in [2.24, 2.45) is 7.05 Å². The van der Waals surface area contributed by atoms with E-state index in [4.69, 9.17) is 0 Å². The number of allylic oxidation sites excluding steroid dienone is 2. The van der Waals surface area contributed by atoms with Crippen LogP contribution in [0.15, 0.2) is 24.5 Å². The molecule has 0 amide bonds. The number of carbonyl (C=O) groups is 1. The first-order valence-electron chi connectivity index (χ1n) is 4.15. The number of halogens is 3. The topological polar surface area (TPSA) is 34.9 Å². The third kappa shape index (κ3) is 3.97. The van der Waals surface area contributed by atoms with Gasteiger partial charge in [-0.2, -0.15) is 18.3 Å². The monoisotopic (exact) mass is 218 g/mol. The molecule has 0 aliphatic heterocycles. The van der Waals surface area contributed by atoms with Crippen LogP contribution in [0.2, 0.25) is 0 Å². The molecule has 1 heterocycles. The molecule has 1 aromatic rings. The molecule has 0 saturated heterocycles. The second kappa shape index (κ2) is 4.29. The van der Waals surface area contributed by atoms with E-state index in [2.05, 4.69) is 5.10 Å². The lowest BCUT2D eigenvalue weighted by molar-refractivity contribution is -0.125. The first-order valence-corrected chi connectivity index (χ1v) is 4.15.